The summed E-state index contributed by atoms with van der Waals surface area (Å²) in [6.07, 6.45) is 1.80. The zero-order valence-corrected chi connectivity index (χ0v) is 19.8. The molecule has 0 aliphatic rings. The Morgan fingerprint density at radius 1 is 0.939 bits per heavy atom. The van der Waals surface area contributed by atoms with E-state index in [9.17, 15) is 4.79 Å². The van der Waals surface area contributed by atoms with Crippen LogP contribution >= 0.6 is 0 Å². The van der Waals surface area contributed by atoms with E-state index in [1.807, 2.05) is 68.4 Å². The molecule has 1 unspecified atom stereocenters. The molecule has 0 aliphatic heterocycles. The first-order valence-electron chi connectivity index (χ1n) is 11.4. The van der Waals surface area contributed by atoms with Crippen LogP contribution in [0.1, 0.15) is 61.5 Å². The number of carbonyl (C=O) groups excluding carboxylic acids is 1. The van der Waals surface area contributed by atoms with E-state index < -0.39 is 0 Å². The first kappa shape index (κ1) is 24.3. The lowest BCUT2D eigenvalue weighted by molar-refractivity contribution is 0.0632. The highest BCUT2D eigenvalue weighted by Crippen LogP contribution is 2.26. The second-order valence-electron chi connectivity index (χ2n) is 7.79. The third-order valence-electron chi connectivity index (χ3n) is 4.97. The van der Waals surface area contributed by atoms with E-state index >= 15 is 0 Å². The van der Waals surface area contributed by atoms with Crippen LogP contribution in [0.3, 0.4) is 0 Å². The lowest BCUT2D eigenvalue weighted by atomic mass is 10.1. The van der Waals surface area contributed by atoms with Gasteiger partial charge >= 0.3 is 0 Å². The molecule has 33 heavy (non-hydrogen) atoms. The normalized spacial score (nSPS) is 11.6. The molecule has 0 saturated carbocycles. The predicted octanol–water partition coefficient (Wildman–Crippen LogP) is 6.71. The van der Waals surface area contributed by atoms with Gasteiger partial charge in [0.2, 0.25) is 0 Å². The second kappa shape index (κ2) is 12.0. The SMILES string of the molecule is CCCOc1cccc(Oc2ccc(NC(=O)c3ccc(C(C)OCCC)nc3C)cc2)c1. The van der Waals surface area contributed by atoms with Crippen molar-refractivity contribution in [1.29, 1.82) is 0 Å². The molecular formula is C27H32N2O4. The van der Waals surface area contributed by atoms with Crippen molar-refractivity contribution < 1.29 is 19.0 Å². The first-order valence-corrected chi connectivity index (χ1v) is 11.4. The molecule has 3 rings (SSSR count). The summed E-state index contributed by atoms with van der Waals surface area (Å²) in [7, 11) is 0. The van der Waals surface area contributed by atoms with Crippen LogP contribution in [0.15, 0.2) is 60.7 Å². The van der Waals surface area contributed by atoms with Gasteiger partial charge in [-0.3, -0.25) is 9.78 Å². The number of rotatable bonds is 11. The summed E-state index contributed by atoms with van der Waals surface area (Å²) in [5.41, 5.74) is 2.70. The highest BCUT2D eigenvalue weighted by Gasteiger charge is 2.14. The largest absolute Gasteiger partial charge is 0.493 e. The first-order chi connectivity index (χ1) is 16.0. The Bertz CT molecular complexity index is 1050. The van der Waals surface area contributed by atoms with Crippen LogP contribution in [-0.4, -0.2) is 24.1 Å². The van der Waals surface area contributed by atoms with Crippen LogP contribution in [-0.2, 0) is 4.74 Å². The Labute approximate surface area is 195 Å². The van der Waals surface area contributed by atoms with Gasteiger partial charge in [0.25, 0.3) is 5.91 Å². The third kappa shape index (κ3) is 7.05. The van der Waals surface area contributed by atoms with Gasteiger partial charge in [-0.1, -0.05) is 19.9 Å². The molecule has 0 radical (unpaired) electrons. The molecule has 6 nitrogen and oxygen atoms in total. The number of aryl methyl sites for hydroxylation is 1. The quantitative estimate of drug-likeness (QED) is 0.353. The molecule has 0 fully saturated rings. The summed E-state index contributed by atoms with van der Waals surface area (Å²) >= 11 is 0. The van der Waals surface area contributed by atoms with E-state index in [4.69, 9.17) is 14.2 Å². The standard InChI is InChI=1S/C27H32N2O4/c1-5-16-31-20(4)26-15-14-25(19(3)28-26)27(30)29-21-10-12-22(13-11-21)33-24-9-7-8-23(18-24)32-17-6-2/h7-15,18,20H,5-6,16-17H2,1-4H3,(H,29,30). The van der Waals surface area contributed by atoms with Crippen molar-refractivity contribution in [3.05, 3.63) is 77.6 Å². The number of hydrogen-bond acceptors (Lipinski definition) is 5. The average molecular weight is 449 g/mol. The summed E-state index contributed by atoms with van der Waals surface area (Å²) in [5.74, 6) is 1.94. The van der Waals surface area contributed by atoms with Gasteiger partial charge in [-0.2, -0.15) is 0 Å². The maximum absolute atomic E-state index is 12.8. The van der Waals surface area contributed by atoms with Crippen molar-refractivity contribution in [1.82, 2.24) is 4.98 Å². The van der Waals surface area contributed by atoms with Gasteiger partial charge in [0, 0.05) is 18.4 Å². The van der Waals surface area contributed by atoms with Gasteiger partial charge < -0.3 is 19.5 Å². The van der Waals surface area contributed by atoms with Gasteiger partial charge in [-0.15, -0.1) is 0 Å². The van der Waals surface area contributed by atoms with Crippen LogP contribution < -0.4 is 14.8 Å². The molecule has 0 saturated heterocycles. The monoisotopic (exact) mass is 448 g/mol. The molecule has 6 heteroatoms. The minimum Gasteiger partial charge on any atom is -0.493 e. The van der Waals surface area contributed by atoms with Crippen molar-refractivity contribution in [2.75, 3.05) is 18.5 Å². The van der Waals surface area contributed by atoms with E-state index in [0.717, 1.165) is 24.3 Å². The Hall–Kier alpha value is -3.38. The van der Waals surface area contributed by atoms with Crippen molar-refractivity contribution in [3.63, 3.8) is 0 Å². The zero-order chi connectivity index (χ0) is 23.6. The van der Waals surface area contributed by atoms with Gasteiger partial charge in [0.15, 0.2) is 0 Å². The zero-order valence-electron chi connectivity index (χ0n) is 19.8. The fourth-order valence-electron chi connectivity index (χ4n) is 3.22. The van der Waals surface area contributed by atoms with E-state index in [0.29, 0.717) is 41.7 Å². The molecule has 3 aromatic rings. The number of nitrogens with zero attached hydrogens (tertiary/aromatic N) is 1. The highest BCUT2D eigenvalue weighted by atomic mass is 16.5. The number of ether oxygens (including phenoxy) is 3. The van der Waals surface area contributed by atoms with E-state index in [1.165, 1.54) is 0 Å². The van der Waals surface area contributed by atoms with E-state index in [2.05, 4.69) is 24.1 Å². The van der Waals surface area contributed by atoms with E-state index in [-0.39, 0.29) is 12.0 Å². The molecular weight excluding hydrogens is 416 g/mol. The lowest BCUT2D eigenvalue weighted by Crippen LogP contribution is -2.15. The lowest BCUT2D eigenvalue weighted by Gasteiger charge is -2.14. The van der Waals surface area contributed by atoms with Crippen molar-refractivity contribution >= 4 is 11.6 Å². The number of aromatic nitrogens is 1. The maximum atomic E-state index is 12.8. The maximum Gasteiger partial charge on any atom is 0.257 e. The molecule has 0 aliphatic carbocycles. The highest BCUT2D eigenvalue weighted by molar-refractivity contribution is 6.05. The van der Waals surface area contributed by atoms with Gasteiger partial charge in [-0.25, -0.2) is 0 Å². The van der Waals surface area contributed by atoms with Crippen LogP contribution in [0.25, 0.3) is 0 Å². The topological polar surface area (TPSA) is 69.7 Å². The number of carbonyl (C=O) groups is 1. The molecule has 1 atom stereocenters. The van der Waals surface area contributed by atoms with Gasteiger partial charge in [0.05, 0.1) is 29.7 Å². The van der Waals surface area contributed by atoms with Crippen molar-refractivity contribution in [2.24, 2.45) is 0 Å². The summed E-state index contributed by atoms with van der Waals surface area (Å²) in [5, 5.41) is 2.92. The molecule has 0 spiro atoms. The van der Waals surface area contributed by atoms with Crippen molar-refractivity contribution in [2.45, 2.75) is 46.6 Å². The minimum absolute atomic E-state index is 0.104. The van der Waals surface area contributed by atoms with E-state index in [1.54, 1.807) is 6.07 Å². The third-order valence-corrected chi connectivity index (χ3v) is 4.97. The smallest absolute Gasteiger partial charge is 0.257 e. The Morgan fingerprint density at radius 2 is 1.67 bits per heavy atom. The number of amides is 1. The van der Waals surface area contributed by atoms with Crippen LogP contribution in [0.5, 0.6) is 17.2 Å². The molecule has 174 valence electrons. The fraction of sp³-hybridized carbons (Fsp3) is 0.333. The predicted molar refractivity (Wildman–Crippen MR) is 130 cm³/mol. The summed E-state index contributed by atoms with van der Waals surface area (Å²) in [4.78, 5) is 17.3. The number of benzene rings is 2. The molecule has 2 aromatic carbocycles. The Balaban J connectivity index is 1.61. The Morgan fingerprint density at radius 3 is 2.36 bits per heavy atom. The Kier molecular flexibility index (Phi) is 8.84. The molecule has 0 bridgehead atoms. The average Bonchev–Trinajstić information content (AvgIpc) is 2.82. The summed E-state index contributed by atoms with van der Waals surface area (Å²) in [6.45, 7) is 9.29. The van der Waals surface area contributed by atoms with Crippen LogP contribution in [0.2, 0.25) is 0 Å². The number of hydrogen-bond donors (Lipinski definition) is 1. The number of anilines is 1. The fourth-order valence-corrected chi connectivity index (χ4v) is 3.22. The van der Waals surface area contributed by atoms with Gasteiger partial charge in [0.1, 0.15) is 17.2 Å². The number of pyridine rings is 1. The second-order valence-corrected chi connectivity index (χ2v) is 7.79. The minimum atomic E-state index is -0.205. The van der Waals surface area contributed by atoms with Gasteiger partial charge in [-0.05, 0) is 75.2 Å². The van der Waals surface area contributed by atoms with Crippen LogP contribution in [0.4, 0.5) is 5.69 Å². The van der Waals surface area contributed by atoms with Crippen LogP contribution in [0, 0.1) is 6.92 Å². The van der Waals surface area contributed by atoms with Crippen molar-refractivity contribution in [3.8, 4) is 17.2 Å². The molecule has 1 amide bonds. The summed E-state index contributed by atoms with van der Waals surface area (Å²) < 4.78 is 17.3. The molecule has 1 N–H and O–H groups in total. The summed E-state index contributed by atoms with van der Waals surface area (Å²) in [6, 6.07) is 18.4. The molecule has 1 aromatic heterocycles. The molecule has 1 heterocycles. The number of nitrogens with one attached hydrogen (secondary N) is 1.